The van der Waals surface area contributed by atoms with Gasteiger partial charge in [0.1, 0.15) is 5.92 Å². The van der Waals surface area contributed by atoms with E-state index in [0.29, 0.717) is 5.70 Å². The Morgan fingerprint density at radius 2 is 2.00 bits per heavy atom. The zero-order valence-electron chi connectivity index (χ0n) is 12.4. The lowest BCUT2D eigenvalue weighted by Crippen LogP contribution is -2.55. The maximum absolute atomic E-state index is 11.6. The lowest BCUT2D eigenvalue weighted by atomic mass is 9.91. The standard InChI is InChI=1S/C13H23NO4Si/c1-8(18-19(5,6)13(2,3)4)11-9(7-10(15)16)14-12(11)17/h7-8,11H,1-6H3,(H,14,17)(H,15,16)/b9-7-/t8-,11-/m1/s1. The summed E-state index contributed by atoms with van der Waals surface area (Å²) in [5.74, 6) is -1.71. The third-order valence-electron chi connectivity index (χ3n) is 3.92. The molecule has 0 saturated carbocycles. The van der Waals surface area contributed by atoms with Crippen molar-refractivity contribution in [2.24, 2.45) is 5.92 Å². The fraction of sp³-hybridized carbons (Fsp3) is 0.692. The van der Waals surface area contributed by atoms with E-state index in [1.54, 1.807) is 0 Å². The normalized spacial score (nSPS) is 23.8. The van der Waals surface area contributed by atoms with E-state index in [-0.39, 0.29) is 17.0 Å². The Bertz CT molecular complexity index is 423. The first kappa shape index (κ1) is 15.9. The van der Waals surface area contributed by atoms with Crippen LogP contribution in [0.4, 0.5) is 0 Å². The van der Waals surface area contributed by atoms with Crippen LogP contribution in [0, 0.1) is 5.92 Å². The fourth-order valence-corrected chi connectivity index (χ4v) is 3.21. The molecule has 2 atom stereocenters. The van der Waals surface area contributed by atoms with Gasteiger partial charge in [-0.15, -0.1) is 0 Å². The molecule has 1 fully saturated rings. The van der Waals surface area contributed by atoms with E-state index in [2.05, 4.69) is 39.2 Å². The lowest BCUT2D eigenvalue weighted by molar-refractivity contribution is -0.132. The van der Waals surface area contributed by atoms with Crippen molar-refractivity contribution in [1.29, 1.82) is 0 Å². The van der Waals surface area contributed by atoms with Crippen LogP contribution in [0.2, 0.25) is 18.1 Å². The van der Waals surface area contributed by atoms with Gasteiger partial charge in [-0.3, -0.25) is 4.79 Å². The molecule has 108 valence electrons. The van der Waals surface area contributed by atoms with Gasteiger partial charge in [-0.1, -0.05) is 20.8 Å². The van der Waals surface area contributed by atoms with E-state index in [0.717, 1.165) is 6.08 Å². The number of carboxylic acids is 1. The largest absolute Gasteiger partial charge is 0.478 e. The predicted octanol–water partition coefficient (Wildman–Crippen LogP) is 2.11. The zero-order valence-corrected chi connectivity index (χ0v) is 13.4. The summed E-state index contributed by atoms with van der Waals surface area (Å²) in [6.07, 6.45) is 0.734. The van der Waals surface area contributed by atoms with Crippen molar-refractivity contribution >= 4 is 20.2 Å². The Morgan fingerprint density at radius 1 is 1.47 bits per heavy atom. The van der Waals surface area contributed by atoms with Gasteiger partial charge < -0.3 is 14.8 Å². The second-order valence-electron chi connectivity index (χ2n) is 6.49. The fourth-order valence-electron chi connectivity index (χ4n) is 1.80. The van der Waals surface area contributed by atoms with Crippen molar-refractivity contribution in [3.63, 3.8) is 0 Å². The second-order valence-corrected chi connectivity index (χ2v) is 11.2. The first-order valence-electron chi connectivity index (χ1n) is 6.39. The Kier molecular flexibility index (Phi) is 4.26. The van der Waals surface area contributed by atoms with Crippen molar-refractivity contribution < 1.29 is 19.1 Å². The molecule has 6 heteroatoms. The molecule has 1 aliphatic rings. The van der Waals surface area contributed by atoms with E-state index in [4.69, 9.17) is 9.53 Å². The maximum Gasteiger partial charge on any atom is 0.330 e. The summed E-state index contributed by atoms with van der Waals surface area (Å²) in [5.41, 5.74) is 0.434. The van der Waals surface area contributed by atoms with Crippen LogP contribution in [0.25, 0.3) is 0 Å². The monoisotopic (exact) mass is 285 g/mol. The highest BCUT2D eigenvalue weighted by molar-refractivity contribution is 6.74. The van der Waals surface area contributed by atoms with Gasteiger partial charge in [-0.2, -0.15) is 0 Å². The van der Waals surface area contributed by atoms with E-state index in [1.807, 2.05) is 6.92 Å². The Labute approximate surface area is 115 Å². The van der Waals surface area contributed by atoms with Gasteiger partial charge in [0.2, 0.25) is 5.91 Å². The van der Waals surface area contributed by atoms with E-state index in [9.17, 15) is 9.59 Å². The summed E-state index contributed by atoms with van der Waals surface area (Å²) in [7, 11) is -1.97. The summed E-state index contributed by atoms with van der Waals surface area (Å²) < 4.78 is 6.13. The first-order valence-corrected chi connectivity index (χ1v) is 9.30. The number of carbonyl (C=O) groups is 2. The molecular weight excluding hydrogens is 262 g/mol. The van der Waals surface area contributed by atoms with Gasteiger partial charge in [0.15, 0.2) is 8.32 Å². The van der Waals surface area contributed by atoms with Gasteiger partial charge >= 0.3 is 5.97 Å². The number of carboxylic acid groups (broad SMARTS) is 1. The average Bonchev–Trinajstić information content (AvgIpc) is 2.12. The molecule has 1 rings (SSSR count). The van der Waals surface area contributed by atoms with E-state index >= 15 is 0 Å². The highest BCUT2D eigenvalue weighted by Crippen LogP contribution is 2.39. The molecule has 1 amide bonds. The minimum Gasteiger partial charge on any atom is -0.478 e. The van der Waals surface area contributed by atoms with Gasteiger partial charge in [0.25, 0.3) is 0 Å². The molecule has 1 saturated heterocycles. The Morgan fingerprint density at radius 3 is 2.37 bits per heavy atom. The van der Waals surface area contributed by atoms with Gasteiger partial charge in [-0.05, 0) is 25.1 Å². The molecule has 0 spiro atoms. The molecule has 1 aliphatic heterocycles. The van der Waals surface area contributed by atoms with Crippen molar-refractivity contribution in [2.45, 2.75) is 51.9 Å². The predicted molar refractivity (Wildman–Crippen MR) is 75.1 cm³/mol. The third kappa shape index (κ3) is 3.45. The number of hydrogen-bond donors (Lipinski definition) is 2. The highest BCUT2D eigenvalue weighted by atomic mass is 28.4. The third-order valence-corrected chi connectivity index (χ3v) is 8.49. The van der Waals surface area contributed by atoms with Crippen molar-refractivity contribution in [1.82, 2.24) is 5.32 Å². The molecular formula is C13H23NO4Si. The van der Waals surface area contributed by atoms with Crippen LogP contribution in [0.5, 0.6) is 0 Å². The molecule has 19 heavy (non-hydrogen) atoms. The average molecular weight is 285 g/mol. The number of aliphatic carboxylic acids is 1. The number of nitrogens with one attached hydrogen (secondary N) is 1. The molecule has 0 aromatic heterocycles. The molecule has 0 unspecified atom stereocenters. The number of β-lactam (4-membered cyclic amide) rings is 1. The molecule has 0 bridgehead atoms. The lowest BCUT2D eigenvalue weighted by Gasteiger charge is -2.42. The van der Waals surface area contributed by atoms with Gasteiger partial charge in [0, 0.05) is 11.8 Å². The zero-order chi connectivity index (χ0) is 15.0. The molecule has 1 heterocycles. The summed E-state index contributed by atoms with van der Waals surface area (Å²) in [4.78, 5) is 22.3. The van der Waals surface area contributed by atoms with Crippen LogP contribution in [0.15, 0.2) is 11.8 Å². The van der Waals surface area contributed by atoms with Crippen LogP contribution >= 0.6 is 0 Å². The molecule has 5 nitrogen and oxygen atoms in total. The molecule has 0 aromatic rings. The molecule has 2 N–H and O–H groups in total. The Hall–Kier alpha value is -1.14. The van der Waals surface area contributed by atoms with Gasteiger partial charge in [0.05, 0.1) is 6.10 Å². The summed E-state index contributed by atoms with van der Waals surface area (Å²) >= 11 is 0. The number of carbonyl (C=O) groups excluding carboxylic acids is 1. The molecule has 0 radical (unpaired) electrons. The Balaban J connectivity index is 2.81. The number of amides is 1. The number of hydrogen-bond acceptors (Lipinski definition) is 3. The summed E-state index contributed by atoms with van der Waals surface area (Å²) in [6.45, 7) is 12.4. The SMILES string of the molecule is C[C@@H](O[Si](C)(C)C(C)(C)C)[C@H]1C(=O)N/C1=C\C(=O)O. The van der Waals surface area contributed by atoms with Crippen LogP contribution in [0.3, 0.4) is 0 Å². The smallest absolute Gasteiger partial charge is 0.330 e. The minimum absolute atomic E-state index is 0.0537. The number of rotatable bonds is 4. The van der Waals surface area contributed by atoms with E-state index < -0.39 is 20.2 Å². The van der Waals surface area contributed by atoms with Crippen LogP contribution in [0.1, 0.15) is 27.7 Å². The molecule has 0 aliphatic carbocycles. The topological polar surface area (TPSA) is 75.6 Å². The van der Waals surface area contributed by atoms with Gasteiger partial charge in [-0.25, -0.2) is 4.79 Å². The maximum atomic E-state index is 11.6. The van der Waals surface area contributed by atoms with Crippen LogP contribution < -0.4 is 5.32 Å². The highest BCUT2D eigenvalue weighted by Gasteiger charge is 2.45. The summed E-state index contributed by atoms with van der Waals surface area (Å²) in [6, 6.07) is 0. The van der Waals surface area contributed by atoms with Crippen LogP contribution in [-0.4, -0.2) is 31.4 Å². The van der Waals surface area contributed by atoms with Crippen molar-refractivity contribution in [3.05, 3.63) is 11.8 Å². The minimum atomic E-state index is -1.97. The first-order chi connectivity index (χ1) is 8.45. The molecule has 0 aromatic carbocycles. The quantitative estimate of drug-likeness (QED) is 0.471. The van der Waals surface area contributed by atoms with Crippen molar-refractivity contribution in [3.8, 4) is 0 Å². The second kappa shape index (κ2) is 5.09. The summed E-state index contributed by atoms with van der Waals surface area (Å²) in [5, 5.41) is 11.3. The van der Waals surface area contributed by atoms with E-state index in [1.165, 1.54) is 0 Å². The van der Waals surface area contributed by atoms with Crippen LogP contribution in [-0.2, 0) is 14.0 Å². The van der Waals surface area contributed by atoms with Crippen molar-refractivity contribution in [2.75, 3.05) is 0 Å².